The molecule has 3 rings (SSSR count). The summed E-state index contributed by atoms with van der Waals surface area (Å²) in [7, 11) is 0. The molecule has 27 heavy (non-hydrogen) atoms. The van der Waals surface area contributed by atoms with Crippen LogP contribution in [-0.4, -0.2) is 47.8 Å². The number of piperazine rings is 1. The Bertz CT molecular complexity index is 800. The molecule has 8 heteroatoms. The molecule has 2 heterocycles. The summed E-state index contributed by atoms with van der Waals surface area (Å²) in [6.07, 6.45) is 5.04. The van der Waals surface area contributed by atoms with Crippen molar-refractivity contribution in [1.29, 1.82) is 0 Å². The Labute approximate surface area is 156 Å². The van der Waals surface area contributed by atoms with Gasteiger partial charge in [-0.05, 0) is 18.6 Å². The maximum atomic E-state index is 13.7. The van der Waals surface area contributed by atoms with Crippen molar-refractivity contribution in [3.05, 3.63) is 42.4 Å². The van der Waals surface area contributed by atoms with Crippen molar-refractivity contribution < 1.29 is 28.6 Å². The summed E-state index contributed by atoms with van der Waals surface area (Å²) in [6, 6.07) is 5.40. The molecule has 0 saturated carbocycles. The highest BCUT2D eigenvalue weighted by atomic mass is 19.1. The van der Waals surface area contributed by atoms with Crippen molar-refractivity contribution in [1.82, 2.24) is 5.32 Å². The number of halogens is 1. The topological polar surface area (TPSA) is 103 Å². The lowest BCUT2D eigenvalue weighted by atomic mass is 10.1. The lowest BCUT2D eigenvalue weighted by molar-refractivity contribution is -0.134. The Morgan fingerprint density at radius 1 is 1.33 bits per heavy atom. The van der Waals surface area contributed by atoms with E-state index < -0.39 is 11.9 Å². The number of furan rings is 1. The highest BCUT2D eigenvalue weighted by Crippen LogP contribution is 2.30. The normalized spacial score (nSPS) is 17.0. The van der Waals surface area contributed by atoms with Gasteiger partial charge in [0.1, 0.15) is 5.82 Å². The fourth-order valence-electron chi connectivity index (χ4n) is 2.99. The van der Waals surface area contributed by atoms with Crippen LogP contribution >= 0.6 is 0 Å². The van der Waals surface area contributed by atoms with Crippen LogP contribution < -0.4 is 10.2 Å². The summed E-state index contributed by atoms with van der Waals surface area (Å²) in [4.78, 5) is 21.3. The van der Waals surface area contributed by atoms with Crippen LogP contribution in [-0.2, 0) is 9.59 Å². The second-order valence-corrected chi connectivity index (χ2v) is 6.16. The largest absolute Gasteiger partial charge is 0.478 e. The first-order valence-corrected chi connectivity index (χ1v) is 8.69. The Morgan fingerprint density at radius 2 is 2.04 bits per heavy atom. The molecule has 0 unspecified atom stereocenters. The van der Waals surface area contributed by atoms with Crippen molar-refractivity contribution in [2.24, 2.45) is 0 Å². The van der Waals surface area contributed by atoms with Crippen LogP contribution in [0, 0.1) is 5.82 Å². The first-order chi connectivity index (χ1) is 12.9. The second-order valence-electron chi connectivity index (χ2n) is 6.16. The molecule has 0 spiro atoms. The number of aliphatic carboxylic acids is 2. The standard InChI is InChI=1S/C15H19FN2O.C4H4O4/c1-2-3-13-10-18(6-5-17-13)14-9-12(16)8-11-4-7-19-15(11)14;5-3(6)1-2-4(7)8/h4,7-9,13,17H,2-3,5-6,10H2,1H3;1-2H,(H,5,6)(H,7,8)/b;2-1+/t13-;/m0./s1. The van der Waals surface area contributed by atoms with Gasteiger partial charge in [-0.15, -0.1) is 0 Å². The highest BCUT2D eigenvalue weighted by Gasteiger charge is 2.21. The number of carbonyl (C=O) groups is 2. The van der Waals surface area contributed by atoms with Gasteiger partial charge in [-0.2, -0.15) is 0 Å². The summed E-state index contributed by atoms with van der Waals surface area (Å²) in [5.74, 6) is -2.71. The molecule has 1 aliphatic heterocycles. The number of fused-ring (bicyclic) bond motifs is 1. The van der Waals surface area contributed by atoms with Crippen molar-refractivity contribution in [3.63, 3.8) is 0 Å². The molecular weight excluding hydrogens is 355 g/mol. The fourth-order valence-corrected chi connectivity index (χ4v) is 2.99. The van der Waals surface area contributed by atoms with Crippen molar-refractivity contribution in [2.75, 3.05) is 24.5 Å². The predicted octanol–water partition coefficient (Wildman–Crippen LogP) is 2.86. The number of anilines is 1. The Balaban J connectivity index is 0.000000279. The van der Waals surface area contributed by atoms with Gasteiger partial charge < -0.3 is 24.8 Å². The molecule has 1 aliphatic rings. The molecule has 0 radical (unpaired) electrons. The average Bonchev–Trinajstić information content (AvgIpc) is 3.08. The third kappa shape index (κ3) is 6.10. The summed E-state index contributed by atoms with van der Waals surface area (Å²) >= 11 is 0. The molecule has 0 amide bonds. The minimum absolute atomic E-state index is 0.200. The number of hydrogen-bond acceptors (Lipinski definition) is 5. The van der Waals surface area contributed by atoms with E-state index in [1.807, 2.05) is 6.07 Å². The number of nitrogens with zero attached hydrogens (tertiary/aromatic N) is 1. The molecule has 7 nitrogen and oxygen atoms in total. The molecule has 146 valence electrons. The van der Waals surface area contributed by atoms with E-state index in [0.717, 1.165) is 49.1 Å². The predicted molar refractivity (Wildman–Crippen MR) is 99.5 cm³/mol. The van der Waals surface area contributed by atoms with Crippen LogP contribution in [0.15, 0.2) is 41.0 Å². The van der Waals surface area contributed by atoms with Gasteiger partial charge in [-0.1, -0.05) is 13.3 Å². The summed E-state index contributed by atoms with van der Waals surface area (Å²) in [6.45, 7) is 4.92. The first-order valence-electron chi connectivity index (χ1n) is 8.69. The van der Waals surface area contributed by atoms with Crippen LogP contribution in [0.4, 0.5) is 10.1 Å². The van der Waals surface area contributed by atoms with Gasteiger partial charge in [0.05, 0.1) is 12.0 Å². The minimum atomic E-state index is -1.26. The Kier molecular flexibility index (Phi) is 7.36. The fraction of sp³-hybridized carbons (Fsp3) is 0.368. The molecule has 2 aromatic rings. The zero-order chi connectivity index (χ0) is 19.8. The molecule has 3 N–H and O–H groups in total. The van der Waals surface area contributed by atoms with Crippen LogP contribution in [0.1, 0.15) is 19.8 Å². The highest BCUT2D eigenvalue weighted by molar-refractivity contribution is 5.90. The zero-order valence-electron chi connectivity index (χ0n) is 15.0. The summed E-state index contributed by atoms with van der Waals surface area (Å²) in [5, 5.41) is 20.0. The maximum absolute atomic E-state index is 13.7. The Hall–Kier alpha value is -2.87. The van der Waals surface area contributed by atoms with Crippen LogP contribution in [0.3, 0.4) is 0 Å². The number of hydrogen-bond donors (Lipinski definition) is 3. The number of benzene rings is 1. The number of rotatable bonds is 5. The van der Waals surface area contributed by atoms with E-state index in [4.69, 9.17) is 14.6 Å². The quantitative estimate of drug-likeness (QED) is 0.688. The lowest BCUT2D eigenvalue weighted by Crippen LogP contribution is -2.50. The number of nitrogens with one attached hydrogen (secondary N) is 1. The van der Waals surface area contributed by atoms with Gasteiger partial charge in [-0.25, -0.2) is 14.0 Å². The number of carboxylic acids is 2. The van der Waals surface area contributed by atoms with Gasteiger partial charge >= 0.3 is 11.9 Å². The van der Waals surface area contributed by atoms with E-state index >= 15 is 0 Å². The van der Waals surface area contributed by atoms with Crippen LogP contribution in [0.25, 0.3) is 11.0 Å². The SMILES string of the molecule is CCC[C@H]1CN(c2cc(F)cc3ccoc23)CCN1.O=C(O)/C=C/C(=O)O. The minimum Gasteiger partial charge on any atom is -0.478 e. The number of carboxylic acid groups (broad SMARTS) is 2. The third-order valence-corrected chi connectivity index (χ3v) is 4.10. The summed E-state index contributed by atoms with van der Waals surface area (Å²) in [5.41, 5.74) is 1.67. The second kappa shape index (κ2) is 9.72. The molecule has 1 fully saturated rings. The van der Waals surface area contributed by atoms with Gasteiger partial charge in [0.2, 0.25) is 0 Å². The van der Waals surface area contributed by atoms with Gasteiger partial charge in [0.25, 0.3) is 0 Å². The smallest absolute Gasteiger partial charge is 0.328 e. The molecule has 0 aliphatic carbocycles. The van der Waals surface area contributed by atoms with Crippen LogP contribution in [0.2, 0.25) is 0 Å². The zero-order valence-corrected chi connectivity index (χ0v) is 15.0. The van der Waals surface area contributed by atoms with E-state index in [2.05, 4.69) is 17.1 Å². The molecule has 0 bridgehead atoms. The van der Waals surface area contributed by atoms with Crippen LogP contribution in [0.5, 0.6) is 0 Å². The van der Waals surface area contributed by atoms with E-state index in [-0.39, 0.29) is 5.82 Å². The first kappa shape index (κ1) is 20.4. The van der Waals surface area contributed by atoms with Crippen molar-refractivity contribution in [2.45, 2.75) is 25.8 Å². The molecule has 1 aromatic heterocycles. The van der Waals surface area contributed by atoms with Gasteiger partial charge in [0, 0.05) is 49.3 Å². The average molecular weight is 378 g/mol. The summed E-state index contributed by atoms with van der Waals surface area (Å²) < 4.78 is 19.2. The molecular formula is C19H23FN2O5. The molecule has 1 aromatic carbocycles. The monoisotopic (exact) mass is 378 g/mol. The molecule has 1 saturated heterocycles. The van der Waals surface area contributed by atoms with E-state index in [1.54, 1.807) is 12.3 Å². The van der Waals surface area contributed by atoms with Crippen molar-refractivity contribution in [3.8, 4) is 0 Å². The van der Waals surface area contributed by atoms with E-state index in [1.165, 1.54) is 6.07 Å². The lowest BCUT2D eigenvalue weighted by Gasteiger charge is -2.35. The van der Waals surface area contributed by atoms with Gasteiger partial charge in [-0.3, -0.25) is 0 Å². The van der Waals surface area contributed by atoms with Crippen molar-refractivity contribution >= 4 is 28.6 Å². The maximum Gasteiger partial charge on any atom is 0.328 e. The van der Waals surface area contributed by atoms with E-state index in [9.17, 15) is 14.0 Å². The Morgan fingerprint density at radius 3 is 2.67 bits per heavy atom. The third-order valence-electron chi connectivity index (χ3n) is 4.10. The van der Waals surface area contributed by atoms with Gasteiger partial charge in [0.15, 0.2) is 5.58 Å². The molecule has 1 atom stereocenters. The van der Waals surface area contributed by atoms with E-state index in [0.29, 0.717) is 18.2 Å².